The summed E-state index contributed by atoms with van der Waals surface area (Å²) in [6.07, 6.45) is 1.80. The summed E-state index contributed by atoms with van der Waals surface area (Å²) in [7, 11) is 0. The maximum Gasteiger partial charge on any atom is 0.141 e. The Morgan fingerprint density at radius 1 is 1.00 bits per heavy atom. The number of hydrogen-bond donors (Lipinski definition) is 0. The number of rotatable bonds is 4. The van der Waals surface area contributed by atoms with Gasteiger partial charge < -0.3 is 0 Å². The average molecular weight is 274 g/mol. The molecule has 0 unspecified atom stereocenters. The molecule has 0 aromatic heterocycles. The lowest BCUT2D eigenvalue weighted by Gasteiger charge is -2.30. The van der Waals surface area contributed by atoms with Gasteiger partial charge in [0.2, 0.25) is 0 Å². The fourth-order valence-electron chi connectivity index (χ4n) is 2.62. The highest BCUT2D eigenvalue weighted by Crippen LogP contribution is 2.32. The van der Waals surface area contributed by atoms with Crippen molar-refractivity contribution in [3.63, 3.8) is 0 Å². The number of carbonyl (C=O) groups is 1. The first kappa shape index (κ1) is 16.9. The zero-order valence-corrected chi connectivity index (χ0v) is 14.2. The second-order valence-corrected chi connectivity index (χ2v) is 8.27. The van der Waals surface area contributed by atoms with Gasteiger partial charge in [-0.2, -0.15) is 0 Å². The molecule has 1 heteroatoms. The van der Waals surface area contributed by atoms with E-state index in [1.807, 2.05) is 20.8 Å². The van der Waals surface area contributed by atoms with Crippen LogP contribution in [0.2, 0.25) is 0 Å². The molecule has 0 aliphatic carbocycles. The Balaban J connectivity index is 2.93. The van der Waals surface area contributed by atoms with Gasteiger partial charge >= 0.3 is 0 Å². The van der Waals surface area contributed by atoms with Crippen LogP contribution >= 0.6 is 0 Å². The molecule has 1 rings (SSSR count). The summed E-state index contributed by atoms with van der Waals surface area (Å²) in [6.45, 7) is 14.8. The van der Waals surface area contributed by atoms with Crippen molar-refractivity contribution in [2.45, 2.75) is 61.3 Å². The molecule has 20 heavy (non-hydrogen) atoms. The van der Waals surface area contributed by atoms with Gasteiger partial charge in [0.25, 0.3) is 0 Å². The molecule has 112 valence electrons. The van der Waals surface area contributed by atoms with Gasteiger partial charge in [-0.3, -0.25) is 4.79 Å². The Morgan fingerprint density at radius 3 is 1.90 bits per heavy atom. The predicted molar refractivity (Wildman–Crippen MR) is 86.9 cm³/mol. The van der Waals surface area contributed by atoms with Crippen LogP contribution in [0.1, 0.15) is 59.1 Å². The highest BCUT2D eigenvalue weighted by atomic mass is 16.1. The molecule has 0 aliphatic heterocycles. The molecule has 0 saturated heterocycles. The van der Waals surface area contributed by atoms with Crippen LogP contribution in [0.4, 0.5) is 0 Å². The fraction of sp³-hybridized carbons (Fsp3) is 0.632. The van der Waals surface area contributed by atoms with E-state index in [9.17, 15) is 4.79 Å². The lowest BCUT2D eigenvalue weighted by atomic mass is 9.73. The van der Waals surface area contributed by atoms with Crippen LogP contribution < -0.4 is 0 Å². The van der Waals surface area contributed by atoms with E-state index in [0.717, 1.165) is 12.8 Å². The van der Waals surface area contributed by atoms with Crippen LogP contribution in [0.15, 0.2) is 24.3 Å². The van der Waals surface area contributed by atoms with Crippen molar-refractivity contribution in [3.8, 4) is 0 Å². The largest absolute Gasteiger partial charge is 0.299 e. The van der Waals surface area contributed by atoms with E-state index in [4.69, 9.17) is 0 Å². The third kappa shape index (κ3) is 5.48. The maximum atomic E-state index is 12.7. The number of aryl methyl sites for hydroxylation is 1. The first-order chi connectivity index (χ1) is 8.99. The smallest absolute Gasteiger partial charge is 0.141 e. The van der Waals surface area contributed by atoms with Crippen LogP contribution in [0, 0.1) is 23.7 Å². The summed E-state index contributed by atoms with van der Waals surface area (Å²) in [5, 5.41) is 0. The van der Waals surface area contributed by atoms with E-state index in [-0.39, 0.29) is 16.7 Å². The molecule has 0 fully saturated rings. The molecule has 0 amide bonds. The third-order valence-corrected chi connectivity index (χ3v) is 3.57. The first-order valence-corrected chi connectivity index (χ1v) is 7.59. The van der Waals surface area contributed by atoms with Crippen molar-refractivity contribution < 1.29 is 4.79 Å². The summed E-state index contributed by atoms with van der Waals surface area (Å²) in [6, 6.07) is 8.57. The Bertz CT molecular complexity index is 440. The molecular weight excluding hydrogens is 244 g/mol. The minimum atomic E-state index is -0.263. The zero-order chi connectivity index (χ0) is 15.6. The van der Waals surface area contributed by atoms with E-state index >= 15 is 0 Å². The van der Waals surface area contributed by atoms with E-state index in [1.165, 1.54) is 11.1 Å². The predicted octanol–water partition coefficient (Wildman–Crippen LogP) is 5.21. The Morgan fingerprint density at radius 2 is 1.50 bits per heavy atom. The topological polar surface area (TPSA) is 17.1 Å². The number of carbonyl (C=O) groups excluding carboxylic acids is 1. The number of Topliss-reactive ketones (excluding diaryl/α,β-unsaturated/α-hetero) is 1. The first-order valence-electron chi connectivity index (χ1n) is 7.59. The van der Waals surface area contributed by atoms with Gasteiger partial charge in [-0.1, -0.05) is 71.4 Å². The third-order valence-electron chi connectivity index (χ3n) is 3.57. The number of hydrogen-bond acceptors (Lipinski definition) is 1. The van der Waals surface area contributed by atoms with E-state index < -0.39 is 0 Å². The van der Waals surface area contributed by atoms with Gasteiger partial charge in [0.05, 0.1) is 0 Å². The van der Waals surface area contributed by atoms with E-state index in [0.29, 0.717) is 5.78 Å². The van der Waals surface area contributed by atoms with Gasteiger partial charge in [-0.05, 0) is 30.7 Å². The SMILES string of the molecule is Cc1ccc(C[C@@H](CC(C)(C)C)C(=O)C(C)(C)C)cc1. The van der Waals surface area contributed by atoms with Gasteiger partial charge in [0.1, 0.15) is 5.78 Å². The van der Waals surface area contributed by atoms with Gasteiger partial charge in [0.15, 0.2) is 0 Å². The molecule has 0 N–H and O–H groups in total. The summed E-state index contributed by atoms with van der Waals surface area (Å²) < 4.78 is 0. The fourth-order valence-corrected chi connectivity index (χ4v) is 2.62. The summed E-state index contributed by atoms with van der Waals surface area (Å²) >= 11 is 0. The molecule has 1 atom stereocenters. The molecule has 0 spiro atoms. The van der Waals surface area contributed by atoms with Crippen LogP contribution in [0.5, 0.6) is 0 Å². The van der Waals surface area contributed by atoms with Crippen molar-refractivity contribution in [1.29, 1.82) is 0 Å². The average Bonchev–Trinajstić information content (AvgIpc) is 2.27. The monoisotopic (exact) mass is 274 g/mol. The molecule has 0 saturated carbocycles. The van der Waals surface area contributed by atoms with Crippen molar-refractivity contribution in [2.24, 2.45) is 16.7 Å². The molecule has 0 heterocycles. The second-order valence-electron chi connectivity index (χ2n) is 8.27. The quantitative estimate of drug-likeness (QED) is 0.737. The lowest BCUT2D eigenvalue weighted by molar-refractivity contribution is -0.131. The van der Waals surface area contributed by atoms with E-state index in [2.05, 4.69) is 52.0 Å². The maximum absolute atomic E-state index is 12.7. The van der Waals surface area contributed by atoms with Crippen LogP contribution in [0.3, 0.4) is 0 Å². The minimum Gasteiger partial charge on any atom is -0.299 e. The normalized spacial score (nSPS) is 14.2. The van der Waals surface area contributed by atoms with Gasteiger partial charge in [0, 0.05) is 11.3 Å². The molecule has 0 radical (unpaired) electrons. The highest BCUT2D eigenvalue weighted by molar-refractivity contribution is 5.86. The molecule has 1 aromatic carbocycles. The highest BCUT2D eigenvalue weighted by Gasteiger charge is 2.32. The van der Waals surface area contributed by atoms with Gasteiger partial charge in [-0.25, -0.2) is 0 Å². The van der Waals surface area contributed by atoms with Gasteiger partial charge in [-0.15, -0.1) is 0 Å². The molecule has 0 aliphatic rings. The van der Waals surface area contributed by atoms with Crippen LogP contribution in [-0.4, -0.2) is 5.78 Å². The Labute approximate surface area is 124 Å². The molecular formula is C19H30O. The Kier molecular flexibility index (Phi) is 5.18. The van der Waals surface area contributed by atoms with Crippen molar-refractivity contribution in [3.05, 3.63) is 35.4 Å². The number of ketones is 1. The van der Waals surface area contributed by atoms with Crippen LogP contribution in [-0.2, 0) is 11.2 Å². The lowest BCUT2D eigenvalue weighted by Crippen LogP contribution is -2.32. The minimum absolute atomic E-state index is 0.109. The van der Waals surface area contributed by atoms with Crippen molar-refractivity contribution in [2.75, 3.05) is 0 Å². The molecule has 1 nitrogen and oxygen atoms in total. The summed E-state index contributed by atoms with van der Waals surface area (Å²) in [5.41, 5.74) is 2.45. The van der Waals surface area contributed by atoms with Crippen molar-refractivity contribution in [1.82, 2.24) is 0 Å². The summed E-state index contributed by atoms with van der Waals surface area (Å²) in [4.78, 5) is 12.7. The zero-order valence-electron chi connectivity index (χ0n) is 14.2. The van der Waals surface area contributed by atoms with E-state index in [1.54, 1.807) is 0 Å². The molecule has 0 bridgehead atoms. The summed E-state index contributed by atoms with van der Waals surface area (Å²) in [5.74, 6) is 0.491. The van der Waals surface area contributed by atoms with Crippen LogP contribution in [0.25, 0.3) is 0 Å². The number of benzene rings is 1. The van der Waals surface area contributed by atoms with Crippen molar-refractivity contribution >= 4 is 5.78 Å². The second kappa shape index (κ2) is 6.11. The molecule has 1 aromatic rings. The standard InChI is InChI=1S/C19H30O/c1-14-8-10-15(11-9-14)12-16(13-18(2,3)4)17(20)19(5,6)7/h8-11,16H,12-13H2,1-7H3/t16-/m0/s1. The Hall–Kier alpha value is -1.11.